The predicted octanol–water partition coefficient (Wildman–Crippen LogP) is 2.86. The summed E-state index contributed by atoms with van der Waals surface area (Å²) in [6.07, 6.45) is 5.57. The number of aliphatic hydroxyl groups is 1. The quantitative estimate of drug-likeness (QED) is 0.865. The molecule has 1 aliphatic carbocycles. The minimum atomic E-state index is 0.153. The van der Waals surface area contributed by atoms with Crippen LogP contribution in [0.3, 0.4) is 0 Å². The van der Waals surface area contributed by atoms with Gasteiger partial charge in [0.15, 0.2) is 0 Å². The monoisotopic (exact) mass is 253 g/mol. The van der Waals surface area contributed by atoms with Crippen molar-refractivity contribution in [2.75, 3.05) is 13.7 Å². The van der Waals surface area contributed by atoms with Gasteiger partial charge >= 0.3 is 0 Å². The van der Waals surface area contributed by atoms with E-state index < -0.39 is 0 Å². The van der Waals surface area contributed by atoms with Crippen LogP contribution >= 0.6 is 11.6 Å². The first-order chi connectivity index (χ1) is 8.26. The Morgan fingerprint density at radius 2 is 1.94 bits per heavy atom. The van der Waals surface area contributed by atoms with Crippen LogP contribution in [0.1, 0.15) is 42.0 Å². The molecule has 3 heteroatoms. The van der Waals surface area contributed by atoms with Crippen LogP contribution in [0.15, 0.2) is 12.1 Å². The van der Waals surface area contributed by atoms with E-state index in [1.165, 1.54) is 24.0 Å². The molecule has 0 spiro atoms. The standard InChI is InChI=1S/C14H20ClNO/c1-16-14(6-7-17)12-8-10-4-2-3-5-11(10)9-13(12)15/h8-9,14,16-17H,2-7H2,1H3. The fourth-order valence-corrected chi connectivity index (χ4v) is 2.94. The molecule has 1 aromatic carbocycles. The minimum absolute atomic E-state index is 0.153. The Bertz CT molecular complexity index is 392. The Balaban J connectivity index is 2.33. The van der Waals surface area contributed by atoms with Gasteiger partial charge in [0.1, 0.15) is 0 Å². The molecule has 0 aliphatic heterocycles. The van der Waals surface area contributed by atoms with Gasteiger partial charge in [-0.1, -0.05) is 17.7 Å². The summed E-state index contributed by atoms with van der Waals surface area (Å²) in [4.78, 5) is 0. The molecule has 0 aromatic heterocycles. The van der Waals surface area contributed by atoms with E-state index in [9.17, 15) is 0 Å². The molecule has 2 nitrogen and oxygen atoms in total. The molecule has 1 atom stereocenters. The average Bonchev–Trinajstić information content (AvgIpc) is 2.35. The van der Waals surface area contributed by atoms with Gasteiger partial charge in [-0.15, -0.1) is 0 Å². The Kier molecular flexibility index (Phi) is 4.43. The number of hydrogen-bond donors (Lipinski definition) is 2. The molecule has 2 rings (SSSR count). The van der Waals surface area contributed by atoms with Crippen LogP contribution in [0, 0.1) is 0 Å². The van der Waals surface area contributed by atoms with Crippen molar-refractivity contribution >= 4 is 11.6 Å². The number of aliphatic hydroxyl groups excluding tert-OH is 1. The van der Waals surface area contributed by atoms with Gasteiger partial charge in [0, 0.05) is 17.7 Å². The highest BCUT2D eigenvalue weighted by molar-refractivity contribution is 6.31. The van der Waals surface area contributed by atoms with Crippen molar-refractivity contribution in [3.63, 3.8) is 0 Å². The highest BCUT2D eigenvalue weighted by Crippen LogP contribution is 2.31. The van der Waals surface area contributed by atoms with Crippen molar-refractivity contribution < 1.29 is 5.11 Å². The molecule has 0 saturated heterocycles. The SMILES string of the molecule is CNC(CCO)c1cc2c(cc1Cl)CCCC2. The molecule has 94 valence electrons. The van der Waals surface area contributed by atoms with E-state index in [0.29, 0.717) is 6.42 Å². The Hall–Kier alpha value is -0.570. The molecular formula is C14H20ClNO. The third-order valence-electron chi connectivity index (χ3n) is 3.60. The van der Waals surface area contributed by atoms with Crippen LogP contribution in [0.25, 0.3) is 0 Å². The molecule has 0 heterocycles. The van der Waals surface area contributed by atoms with E-state index in [1.807, 2.05) is 7.05 Å². The van der Waals surface area contributed by atoms with Gasteiger partial charge in [-0.25, -0.2) is 0 Å². The first-order valence-corrected chi connectivity index (χ1v) is 6.73. The molecule has 2 N–H and O–H groups in total. The second kappa shape index (κ2) is 5.85. The Labute approximate surface area is 108 Å². The number of hydrogen-bond acceptors (Lipinski definition) is 2. The molecule has 0 fully saturated rings. The molecule has 0 bridgehead atoms. The average molecular weight is 254 g/mol. The number of nitrogens with one attached hydrogen (secondary N) is 1. The summed E-state index contributed by atoms with van der Waals surface area (Å²) in [6, 6.07) is 4.50. The summed E-state index contributed by atoms with van der Waals surface area (Å²) in [7, 11) is 1.91. The lowest BCUT2D eigenvalue weighted by atomic mass is 9.88. The number of fused-ring (bicyclic) bond motifs is 1. The maximum atomic E-state index is 9.08. The third-order valence-corrected chi connectivity index (χ3v) is 3.93. The number of aryl methyl sites for hydroxylation is 2. The summed E-state index contributed by atoms with van der Waals surface area (Å²) in [5.41, 5.74) is 3.97. The Morgan fingerprint density at radius 3 is 2.53 bits per heavy atom. The molecule has 0 radical (unpaired) electrons. The maximum absolute atomic E-state index is 9.08. The van der Waals surface area contributed by atoms with Gasteiger partial charge in [0.05, 0.1) is 0 Å². The molecule has 1 aromatic rings. The fourth-order valence-electron chi connectivity index (χ4n) is 2.63. The van der Waals surface area contributed by atoms with E-state index in [4.69, 9.17) is 16.7 Å². The van der Waals surface area contributed by atoms with Gasteiger partial charge in [-0.3, -0.25) is 0 Å². The van der Waals surface area contributed by atoms with E-state index in [-0.39, 0.29) is 12.6 Å². The molecule has 17 heavy (non-hydrogen) atoms. The molecule has 0 amide bonds. The van der Waals surface area contributed by atoms with Crippen LogP contribution in [-0.2, 0) is 12.8 Å². The van der Waals surface area contributed by atoms with E-state index in [2.05, 4.69) is 17.4 Å². The topological polar surface area (TPSA) is 32.3 Å². The zero-order valence-electron chi connectivity index (χ0n) is 10.3. The Morgan fingerprint density at radius 1 is 1.29 bits per heavy atom. The van der Waals surface area contributed by atoms with Crippen LogP contribution in [0.5, 0.6) is 0 Å². The van der Waals surface area contributed by atoms with Crippen molar-refractivity contribution in [1.82, 2.24) is 5.32 Å². The predicted molar refractivity (Wildman–Crippen MR) is 71.6 cm³/mol. The lowest BCUT2D eigenvalue weighted by Gasteiger charge is -2.22. The summed E-state index contributed by atoms with van der Waals surface area (Å²) < 4.78 is 0. The summed E-state index contributed by atoms with van der Waals surface area (Å²) in [5, 5.41) is 13.1. The second-order valence-electron chi connectivity index (χ2n) is 4.70. The second-order valence-corrected chi connectivity index (χ2v) is 5.11. The van der Waals surface area contributed by atoms with Crippen molar-refractivity contribution in [1.29, 1.82) is 0 Å². The van der Waals surface area contributed by atoms with Crippen LogP contribution < -0.4 is 5.32 Å². The zero-order chi connectivity index (χ0) is 12.3. The highest BCUT2D eigenvalue weighted by atomic mass is 35.5. The van der Waals surface area contributed by atoms with Crippen molar-refractivity contribution in [3.05, 3.63) is 33.8 Å². The first kappa shape index (κ1) is 12.9. The van der Waals surface area contributed by atoms with Gasteiger partial charge in [-0.05, 0) is 61.9 Å². The van der Waals surface area contributed by atoms with Gasteiger partial charge < -0.3 is 10.4 Å². The summed E-state index contributed by atoms with van der Waals surface area (Å²) in [5.74, 6) is 0. The van der Waals surface area contributed by atoms with E-state index in [1.54, 1.807) is 0 Å². The lowest BCUT2D eigenvalue weighted by molar-refractivity contribution is 0.269. The lowest BCUT2D eigenvalue weighted by Crippen LogP contribution is -2.19. The minimum Gasteiger partial charge on any atom is -0.396 e. The maximum Gasteiger partial charge on any atom is 0.0456 e. The number of halogens is 1. The van der Waals surface area contributed by atoms with Gasteiger partial charge in [0.25, 0.3) is 0 Å². The van der Waals surface area contributed by atoms with E-state index in [0.717, 1.165) is 23.4 Å². The van der Waals surface area contributed by atoms with Crippen molar-refractivity contribution in [3.8, 4) is 0 Å². The van der Waals surface area contributed by atoms with Crippen LogP contribution in [-0.4, -0.2) is 18.8 Å². The zero-order valence-corrected chi connectivity index (χ0v) is 11.1. The smallest absolute Gasteiger partial charge is 0.0456 e. The van der Waals surface area contributed by atoms with Gasteiger partial charge in [0.2, 0.25) is 0 Å². The van der Waals surface area contributed by atoms with Gasteiger partial charge in [-0.2, -0.15) is 0 Å². The van der Waals surface area contributed by atoms with Crippen LogP contribution in [0.4, 0.5) is 0 Å². The van der Waals surface area contributed by atoms with Crippen molar-refractivity contribution in [2.45, 2.75) is 38.1 Å². The molecule has 1 unspecified atom stereocenters. The normalized spacial score (nSPS) is 16.6. The third kappa shape index (κ3) is 2.82. The van der Waals surface area contributed by atoms with Crippen LogP contribution in [0.2, 0.25) is 5.02 Å². The van der Waals surface area contributed by atoms with E-state index >= 15 is 0 Å². The molecular weight excluding hydrogens is 234 g/mol. The molecule has 0 saturated carbocycles. The number of benzene rings is 1. The largest absolute Gasteiger partial charge is 0.396 e. The highest BCUT2D eigenvalue weighted by Gasteiger charge is 2.17. The number of rotatable bonds is 4. The van der Waals surface area contributed by atoms with Crippen molar-refractivity contribution in [2.24, 2.45) is 0 Å². The summed E-state index contributed by atoms with van der Waals surface area (Å²) >= 11 is 6.35. The fraction of sp³-hybridized carbons (Fsp3) is 0.571. The summed E-state index contributed by atoms with van der Waals surface area (Å²) in [6.45, 7) is 0.179. The first-order valence-electron chi connectivity index (χ1n) is 6.35. The molecule has 1 aliphatic rings.